The summed E-state index contributed by atoms with van der Waals surface area (Å²) >= 11 is 0. The number of fused-ring (bicyclic) bond motifs is 1. The van der Waals surface area contributed by atoms with Crippen molar-refractivity contribution in [2.45, 2.75) is 44.7 Å². The van der Waals surface area contributed by atoms with Gasteiger partial charge in [0.2, 0.25) is 0 Å². The second-order valence-electron chi connectivity index (χ2n) is 10.7. The number of rotatable bonds is 6. The van der Waals surface area contributed by atoms with E-state index in [0.717, 1.165) is 73.2 Å². The van der Waals surface area contributed by atoms with Crippen molar-refractivity contribution in [3.05, 3.63) is 95.1 Å². The van der Waals surface area contributed by atoms with Crippen LogP contribution in [-0.2, 0) is 22.5 Å². The number of hydrogen-bond acceptors (Lipinski definition) is 2. The second-order valence-corrected chi connectivity index (χ2v) is 10.7. The molecule has 0 spiro atoms. The zero-order chi connectivity index (χ0) is 25.0. The number of nitrogens with one attached hydrogen (secondary N) is 1. The van der Waals surface area contributed by atoms with Gasteiger partial charge in [-0.3, -0.25) is 4.79 Å². The number of quaternary nitrogens is 1. The van der Waals surface area contributed by atoms with Crippen LogP contribution >= 0.6 is 0 Å². The molecule has 5 rings (SSSR count). The molecule has 36 heavy (non-hydrogen) atoms. The SMILES string of the molecule is C[N+](C)(Cc1ccc(NC(=O)C2=Cc3cc(-c4ccccc4)ccc3CCC2)cc1)C1CCOCC1. The highest BCUT2D eigenvalue weighted by Gasteiger charge is 2.30. The molecule has 4 nitrogen and oxygen atoms in total. The fraction of sp³-hybridized carbons (Fsp3) is 0.344. The van der Waals surface area contributed by atoms with Gasteiger partial charge in [-0.15, -0.1) is 0 Å². The summed E-state index contributed by atoms with van der Waals surface area (Å²) in [7, 11) is 4.62. The first-order valence-electron chi connectivity index (χ1n) is 13.2. The van der Waals surface area contributed by atoms with E-state index in [1.165, 1.54) is 22.3 Å². The highest BCUT2D eigenvalue weighted by molar-refractivity contribution is 6.07. The van der Waals surface area contributed by atoms with Crippen LogP contribution in [0.25, 0.3) is 17.2 Å². The maximum Gasteiger partial charge on any atom is 0.251 e. The Morgan fingerprint density at radius 2 is 1.67 bits per heavy atom. The lowest BCUT2D eigenvalue weighted by molar-refractivity contribution is -0.929. The van der Waals surface area contributed by atoms with Crippen LogP contribution in [0.1, 0.15) is 42.4 Å². The van der Waals surface area contributed by atoms with E-state index in [2.05, 4.69) is 80.1 Å². The third kappa shape index (κ3) is 5.77. The molecule has 0 bridgehead atoms. The lowest BCUT2D eigenvalue weighted by Crippen LogP contribution is -2.50. The number of aryl methyl sites for hydroxylation is 1. The normalized spacial score (nSPS) is 16.6. The molecule has 1 aliphatic heterocycles. The number of carbonyl (C=O) groups excluding carboxylic acids is 1. The third-order valence-corrected chi connectivity index (χ3v) is 7.75. The lowest BCUT2D eigenvalue weighted by atomic mass is 9.97. The van der Waals surface area contributed by atoms with Crippen LogP contribution in [0.5, 0.6) is 0 Å². The molecule has 1 heterocycles. The van der Waals surface area contributed by atoms with Crippen molar-refractivity contribution in [3.63, 3.8) is 0 Å². The molecule has 0 radical (unpaired) electrons. The van der Waals surface area contributed by atoms with Gasteiger partial charge in [0.25, 0.3) is 5.91 Å². The van der Waals surface area contributed by atoms with Crippen molar-refractivity contribution in [1.29, 1.82) is 0 Å². The number of nitrogens with zero attached hydrogens (tertiary/aromatic N) is 1. The van der Waals surface area contributed by atoms with E-state index in [1.807, 2.05) is 18.2 Å². The molecule has 0 atom stereocenters. The Morgan fingerprint density at radius 3 is 2.42 bits per heavy atom. The van der Waals surface area contributed by atoms with Gasteiger partial charge in [-0.05, 0) is 65.8 Å². The Balaban J connectivity index is 1.27. The molecule has 186 valence electrons. The smallest absolute Gasteiger partial charge is 0.251 e. The molecule has 1 saturated heterocycles. The minimum absolute atomic E-state index is 0.000897. The summed E-state index contributed by atoms with van der Waals surface area (Å²) in [6, 6.07) is 26.0. The molecule has 4 heteroatoms. The van der Waals surface area contributed by atoms with Crippen molar-refractivity contribution < 1.29 is 14.0 Å². The number of hydrogen-bond donors (Lipinski definition) is 1. The van der Waals surface area contributed by atoms with E-state index in [1.54, 1.807) is 0 Å². The monoisotopic (exact) mass is 481 g/mol. The summed E-state index contributed by atoms with van der Waals surface area (Å²) in [4.78, 5) is 13.2. The molecule has 1 fully saturated rings. The van der Waals surface area contributed by atoms with Gasteiger partial charge in [0, 0.05) is 29.7 Å². The first-order chi connectivity index (χ1) is 17.5. The summed E-state index contributed by atoms with van der Waals surface area (Å²) in [6.07, 6.45) is 7.09. The Kier molecular flexibility index (Phi) is 7.35. The molecule has 1 aliphatic carbocycles. The van der Waals surface area contributed by atoms with Crippen molar-refractivity contribution in [1.82, 2.24) is 0 Å². The molecule has 3 aromatic rings. The minimum Gasteiger partial charge on any atom is -0.381 e. The highest BCUT2D eigenvalue weighted by atomic mass is 16.5. The van der Waals surface area contributed by atoms with Gasteiger partial charge >= 0.3 is 0 Å². The van der Waals surface area contributed by atoms with E-state index in [4.69, 9.17) is 4.74 Å². The highest BCUT2D eigenvalue weighted by Crippen LogP contribution is 2.29. The molecule has 0 aromatic heterocycles. The molecule has 0 unspecified atom stereocenters. The van der Waals surface area contributed by atoms with Crippen LogP contribution in [0.15, 0.2) is 78.4 Å². The zero-order valence-electron chi connectivity index (χ0n) is 21.5. The summed E-state index contributed by atoms with van der Waals surface area (Å²) in [5, 5.41) is 3.14. The van der Waals surface area contributed by atoms with Gasteiger partial charge in [-0.2, -0.15) is 0 Å². The molecule has 1 amide bonds. The summed E-state index contributed by atoms with van der Waals surface area (Å²) in [5.74, 6) is -0.000897. The van der Waals surface area contributed by atoms with Crippen LogP contribution in [0, 0.1) is 0 Å². The molecule has 3 aromatic carbocycles. The number of anilines is 1. The number of ether oxygens (including phenoxy) is 1. The van der Waals surface area contributed by atoms with Gasteiger partial charge in [0.1, 0.15) is 6.54 Å². The first-order valence-corrected chi connectivity index (χ1v) is 13.2. The van der Waals surface area contributed by atoms with Gasteiger partial charge in [0.15, 0.2) is 0 Å². The van der Waals surface area contributed by atoms with E-state index >= 15 is 0 Å². The predicted molar refractivity (Wildman–Crippen MR) is 148 cm³/mol. The van der Waals surface area contributed by atoms with E-state index in [9.17, 15) is 4.79 Å². The summed E-state index contributed by atoms with van der Waals surface area (Å²) in [6.45, 7) is 2.71. The zero-order valence-corrected chi connectivity index (χ0v) is 21.5. The quantitative estimate of drug-likeness (QED) is 0.410. The Bertz CT molecular complexity index is 1220. The van der Waals surface area contributed by atoms with E-state index < -0.39 is 0 Å². The Labute approximate surface area is 215 Å². The average molecular weight is 482 g/mol. The van der Waals surface area contributed by atoms with Crippen molar-refractivity contribution in [2.75, 3.05) is 32.6 Å². The maximum absolute atomic E-state index is 13.2. The standard InChI is InChI=1S/C32H36N2O2/c1-34(2,31-17-19-36-20-18-31)23-24-11-15-30(16-12-24)33-32(35)28-10-6-9-26-13-14-27(21-29(26)22-28)25-7-4-3-5-8-25/h3-5,7-8,11-16,21-22,31H,6,9-10,17-20,23H2,1-2H3/p+1. The summed E-state index contributed by atoms with van der Waals surface area (Å²) in [5.41, 5.74) is 7.84. The molecule has 0 saturated carbocycles. The summed E-state index contributed by atoms with van der Waals surface area (Å²) < 4.78 is 6.51. The molecular formula is C32H37N2O2+. The van der Waals surface area contributed by atoms with E-state index in [-0.39, 0.29) is 5.91 Å². The van der Waals surface area contributed by atoms with Crippen LogP contribution in [0.4, 0.5) is 5.69 Å². The van der Waals surface area contributed by atoms with Crippen LogP contribution < -0.4 is 5.32 Å². The molecule has 1 N–H and O–H groups in total. The van der Waals surface area contributed by atoms with Crippen molar-refractivity contribution in [2.24, 2.45) is 0 Å². The predicted octanol–water partition coefficient (Wildman–Crippen LogP) is 6.47. The fourth-order valence-electron chi connectivity index (χ4n) is 5.56. The Morgan fingerprint density at radius 1 is 0.917 bits per heavy atom. The molecular weight excluding hydrogens is 444 g/mol. The van der Waals surface area contributed by atoms with Crippen molar-refractivity contribution >= 4 is 17.7 Å². The number of carbonyl (C=O) groups is 1. The van der Waals surface area contributed by atoms with Gasteiger partial charge in [-0.25, -0.2) is 0 Å². The number of benzene rings is 3. The lowest BCUT2D eigenvalue weighted by Gasteiger charge is -2.40. The second kappa shape index (κ2) is 10.8. The van der Waals surface area contributed by atoms with Crippen LogP contribution in [0.3, 0.4) is 0 Å². The third-order valence-electron chi connectivity index (χ3n) is 7.75. The van der Waals surface area contributed by atoms with Gasteiger partial charge in [0.05, 0.1) is 33.4 Å². The minimum atomic E-state index is -0.000897. The van der Waals surface area contributed by atoms with Gasteiger partial charge in [-0.1, -0.05) is 54.6 Å². The van der Waals surface area contributed by atoms with Crippen molar-refractivity contribution in [3.8, 4) is 11.1 Å². The molecule has 2 aliphatic rings. The Hall–Kier alpha value is -3.21. The largest absolute Gasteiger partial charge is 0.381 e. The number of amides is 1. The van der Waals surface area contributed by atoms with E-state index in [0.29, 0.717) is 6.04 Å². The topological polar surface area (TPSA) is 38.3 Å². The fourth-order valence-corrected chi connectivity index (χ4v) is 5.56. The van der Waals surface area contributed by atoms with Gasteiger partial charge < -0.3 is 14.5 Å². The average Bonchev–Trinajstić information content (AvgIpc) is 3.13. The first kappa shape index (κ1) is 24.5. The van der Waals surface area contributed by atoms with Crippen LogP contribution in [-0.4, -0.2) is 43.7 Å². The maximum atomic E-state index is 13.2. The van der Waals surface area contributed by atoms with Crippen LogP contribution in [0.2, 0.25) is 0 Å².